The van der Waals surface area contributed by atoms with Gasteiger partial charge < -0.3 is 29.0 Å². The van der Waals surface area contributed by atoms with Crippen LogP contribution in [-0.4, -0.2) is 76.5 Å². The lowest BCUT2D eigenvalue weighted by Gasteiger charge is -2.39. The molecular weight excluding hydrogens is 470 g/mol. The van der Waals surface area contributed by atoms with E-state index in [1.54, 1.807) is 0 Å². The van der Waals surface area contributed by atoms with Crippen molar-refractivity contribution in [3.8, 4) is 0 Å². The highest BCUT2D eigenvalue weighted by Crippen LogP contribution is 2.45. The number of aromatic nitrogens is 2. The molecule has 2 aliphatic heterocycles. The van der Waals surface area contributed by atoms with E-state index in [1.807, 2.05) is 0 Å². The summed E-state index contributed by atoms with van der Waals surface area (Å²) in [7, 11) is 0. The van der Waals surface area contributed by atoms with Crippen LogP contribution < -0.4 is 16.6 Å². The minimum atomic E-state index is -1.67. The molecule has 2 fully saturated rings. The van der Waals surface area contributed by atoms with E-state index < -0.39 is 71.2 Å². The number of rotatable bonds is 5. The molecule has 1 aromatic rings. The Morgan fingerprint density at radius 2 is 1.71 bits per heavy atom. The maximum absolute atomic E-state index is 12.6. The number of ether oxygens (including phenoxy) is 5. The Morgan fingerprint density at radius 3 is 2.29 bits per heavy atom. The summed E-state index contributed by atoms with van der Waals surface area (Å²) in [4.78, 5) is 74.0. The standard InChI is InChI=1S/C21H27N3O11/c1-10(25)22-15-7-14(32-11(2)26)8-31-9-21(15)18(34-13(4)28)17(33-12(3)27)19(35-21)24-6-5-16(29)23-20(24)30/h5-6,14-15,17-19H,7-9H2,1-4H3,(H,22,25)(H,23,29,30)/t14-,15+,17-,18-,19-,21-/m1/s1. The number of carbonyl (C=O) groups is 4. The number of carbonyl (C=O) groups excluding carboxylic acids is 4. The van der Waals surface area contributed by atoms with E-state index in [4.69, 9.17) is 23.7 Å². The Morgan fingerprint density at radius 1 is 1.06 bits per heavy atom. The third kappa shape index (κ3) is 5.77. The molecule has 35 heavy (non-hydrogen) atoms. The fourth-order valence-corrected chi connectivity index (χ4v) is 4.41. The number of aromatic amines is 1. The van der Waals surface area contributed by atoms with Gasteiger partial charge in [-0.1, -0.05) is 0 Å². The van der Waals surface area contributed by atoms with Crippen LogP contribution in [0.2, 0.25) is 0 Å². The maximum atomic E-state index is 12.6. The molecule has 0 saturated carbocycles. The number of amides is 1. The summed E-state index contributed by atoms with van der Waals surface area (Å²) < 4.78 is 29.2. The molecule has 0 bridgehead atoms. The Hall–Kier alpha value is -3.52. The van der Waals surface area contributed by atoms with Crippen molar-refractivity contribution >= 4 is 23.8 Å². The van der Waals surface area contributed by atoms with Crippen LogP contribution in [0.4, 0.5) is 0 Å². The lowest BCUT2D eigenvalue weighted by atomic mass is 9.85. The Kier molecular flexibility index (Phi) is 7.75. The molecule has 2 aliphatic rings. The van der Waals surface area contributed by atoms with Crippen LogP contribution in [0, 0.1) is 0 Å². The van der Waals surface area contributed by atoms with Crippen molar-refractivity contribution < 1.29 is 42.9 Å². The van der Waals surface area contributed by atoms with Crippen molar-refractivity contribution in [2.24, 2.45) is 0 Å². The van der Waals surface area contributed by atoms with Crippen molar-refractivity contribution in [3.63, 3.8) is 0 Å². The third-order valence-corrected chi connectivity index (χ3v) is 5.55. The predicted octanol–water partition coefficient (Wildman–Crippen LogP) is -1.48. The van der Waals surface area contributed by atoms with Gasteiger partial charge in [0, 0.05) is 46.4 Å². The summed E-state index contributed by atoms with van der Waals surface area (Å²) in [5.41, 5.74) is -3.22. The molecule has 1 spiro atoms. The van der Waals surface area contributed by atoms with Crippen LogP contribution in [0.3, 0.4) is 0 Å². The molecule has 2 saturated heterocycles. The van der Waals surface area contributed by atoms with Crippen molar-refractivity contribution in [3.05, 3.63) is 33.1 Å². The minimum Gasteiger partial charge on any atom is -0.460 e. The summed E-state index contributed by atoms with van der Waals surface area (Å²) >= 11 is 0. The van der Waals surface area contributed by atoms with Gasteiger partial charge in [0.15, 0.2) is 24.0 Å². The highest BCUT2D eigenvalue weighted by atomic mass is 16.7. The lowest BCUT2D eigenvalue weighted by Crippen LogP contribution is -2.62. The van der Waals surface area contributed by atoms with E-state index >= 15 is 0 Å². The molecule has 2 N–H and O–H groups in total. The third-order valence-electron chi connectivity index (χ3n) is 5.55. The summed E-state index contributed by atoms with van der Waals surface area (Å²) in [5.74, 6) is -2.57. The van der Waals surface area contributed by atoms with Gasteiger partial charge in [0.1, 0.15) is 6.10 Å². The van der Waals surface area contributed by atoms with Gasteiger partial charge in [-0.15, -0.1) is 0 Å². The van der Waals surface area contributed by atoms with E-state index in [9.17, 15) is 28.8 Å². The molecule has 1 aromatic heterocycles. The molecule has 3 rings (SSSR count). The van der Waals surface area contributed by atoms with E-state index in [0.717, 1.165) is 30.7 Å². The second-order valence-corrected chi connectivity index (χ2v) is 8.32. The van der Waals surface area contributed by atoms with Crippen LogP contribution >= 0.6 is 0 Å². The minimum absolute atomic E-state index is 0.00302. The average molecular weight is 497 g/mol. The van der Waals surface area contributed by atoms with Gasteiger partial charge in [-0.25, -0.2) is 4.79 Å². The maximum Gasteiger partial charge on any atom is 0.330 e. The van der Waals surface area contributed by atoms with Gasteiger partial charge in [0.05, 0.1) is 19.3 Å². The van der Waals surface area contributed by atoms with Gasteiger partial charge in [0.2, 0.25) is 5.91 Å². The number of hydrogen-bond donors (Lipinski definition) is 2. The first-order chi connectivity index (χ1) is 16.4. The van der Waals surface area contributed by atoms with Gasteiger partial charge in [-0.3, -0.25) is 33.5 Å². The van der Waals surface area contributed by atoms with Crippen LogP contribution in [-0.2, 0) is 42.9 Å². The fraction of sp³-hybridized carbons (Fsp3) is 0.619. The van der Waals surface area contributed by atoms with E-state index in [2.05, 4.69) is 10.3 Å². The molecular formula is C21H27N3O11. The first kappa shape index (κ1) is 26.1. The number of H-pyrrole nitrogens is 1. The zero-order chi connectivity index (χ0) is 25.9. The largest absolute Gasteiger partial charge is 0.460 e. The fourth-order valence-electron chi connectivity index (χ4n) is 4.41. The number of nitrogens with one attached hydrogen (secondary N) is 2. The predicted molar refractivity (Wildman–Crippen MR) is 114 cm³/mol. The van der Waals surface area contributed by atoms with Crippen LogP contribution in [0.1, 0.15) is 40.3 Å². The molecule has 6 atom stereocenters. The first-order valence-electron chi connectivity index (χ1n) is 10.8. The summed E-state index contributed by atoms with van der Waals surface area (Å²) in [6.07, 6.45) is -3.76. The molecule has 14 nitrogen and oxygen atoms in total. The van der Waals surface area contributed by atoms with Crippen LogP contribution in [0.25, 0.3) is 0 Å². The second-order valence-electron chi connectivity index (χ2n) is 8.32. The van der Waals surface area contributed by atoms with Gasteiger partial charge >= 0.3 is 23.6 Å². The van der Waals surface area contributed by atoms with E-state index in [0.29, 0.717) is 0 Å². The Labute approximate surface area is 198 Å². The van der Waals surface area contributed by atoms with Crippen molar-refractivity contribution in [1.29, 1.82) is 0 Å². The van der Waals surface area contributed by atoms with Crippen LogP contribution in [0.15, 0.2) is 21.9 Å². The first-order valence-corrected chi connectivity index (χ1v) is 10.8. The zero-order valence-corrected chi connectivity index (χ0v) is 19.6. The SMILES string of the molecule is CC(=O)N[C@H]1C[C@@H](OC(C)=O)COC[C@@]12O[C@@H](n1ccc(=O)[nH]c1=O)[C@H](OC(C)=O)[C@H]2OC(C)=O. The molecule has 14 heteroatoms. The highest BCUT2D eigenvalue weighted by Gasteiger charge is 2.64. The summed E-state index contributed by atoms with van der Waals surface area (Å²) in [6, 6.07) is 0.0882. The quantitative estimate of drug-likeness (QED) is 0.358. The van der Waals surface area contributed by atoms with E-state index in [-0.39, 0.29) is 19.6 Å². The molecule has 0 radical (unpaired) electrons. The zero-order valence-electron chi connectivity index (χ0n) is 19.6. The average Bonchev–Trinajstić information content (AvgIpc) is 2.89. The monoisotopic (exact) mass is 497 g/mol. The summed E-state index contributed by atoms with van der Waals surface area (Å²) in [5, 5.41) is 2.72. The molecule has 0 aromatic carbocycles. The molecule has 3 heterocycles. The summed E-state index contributed by atoms with van der Waals surface area (Å²) in [6.45, 7) is 4.37. The lowest BCUT2D eigenvalue weighted by molar-refractivity contribution is -0.178. The Bertz CT molecular complexity index is 1110. The number of hydrogen-bond acceptors (Lipinski definition) is 11. The van der Waals surface area contributed by atoms with Gasteiger partial charge in [0.25, 0.3) is 5.56 Å². The molecule has 192 valence electrons. The smallest absolute Gasteiger partial charge is 0.330 e. The van der Waals surface area contributed by atoms with Gasteiger partial charge in [-0.05, 0) is 0 Å². The van der Waals surface area contributed by atoms with Crippen molar-refractivity contribution in [2.45, 2.75) is 70.3 Å². The topological polar surface area (TPSA) is 181 Å². The van der Waals surface area contributed by atoms with Gasteiger partial charge in [-0.2, -0.15) is 0 Å². The molecule has 0 unspecified atom stereocenters. The van der Waals surface area contributed by atoms with Crippen molar-refractivity contribution in [1.82, 2.24) is 14.9 Å². The van der Waals surface area contributed by atoms with Crippen LogP contribution in [0.5, 0.6) is 0 Å². The van der Waals surface area contributed by atoms with E-state index in [1.165, 1.54) is 13.8 Å². The normalized spacial score (nSPS) is 30.2. The second kappa shape index (κ2) is 10.4. The highest BCUT2D eigenvalue weighted by molar-refractivity contribution is 5.73. The van der Waals surface area contributed by atoms with Crippen molar-refractivity contribution in [2.75, 3.05) is 13.2 Å². The molecule has 0 aliphatic carbocycles. The Balaban J connectivity index is 2.17. The number of nitrogens with zero attached hydrogens (tertiary/aromatic N) is 1. The number of esters is 3. The molecule has 1 amide bonds.